The van der Waals surface area contributed by atoms with Gasteiger partial charge in [-0.25, -0.2) is 0 Å². The number of hydrogen-bond acceptors (Lipinski definition) is 3. The molecule has 1 heterocycles. The second-order valence-corrected chi connectivity index (χ2v) is 5.58. The second-order valence-electron chi connectivity index (χ2n) is 5.58. The Morgan fingerprint density at radius 1 is 1.05 bits per heavy atom. The van der Waals surface area contributed by atoms with Gasteiger partial charge in [-0.05, 0) is 24.3 Å². The highest BCUT2D eigenvalue weighted by Gasteiger charge is 2.11. The van der Waals surface area contributed by atoms with Gasteiger partial charge in [0.1, 0.15) is 11.6 Å². The van der Waals surface area contributed by atoms with Crippen LogP contribution in [0.15, 0.2) is 30.3 Å². The third kappa shape index (κ3) is 3.90. The average molecular weight is 272 g/mol. The minimum absolute atomic E-state index is 0.457. The topological polar surface area (TPSA) is 56.7 Å². The van der Waals surface area contributed by atoms with Gasteiger partial charge < -0.3 is 10.3 Å². The maximum absolute atomic E-state index is 5.74. The SMILES string of the molecule is CC(C)Cn1c(CN)nnc1CCCc1ccccc1. The standard InChI is InChI=1S/C16H24N4/c1-13(2)12-20-15(18-19-16(20)11-17)10-6-9-14-7-4-3-5-8-14/h3-5,7-8,13H,6,9-12,17H2,1-2H3. The van der Waals surface area contributed by atoms with Gasteiger partial charge in [-0.3, -0.25) is 0 Å². The predicted molar refractivity (Wildman–Crippen MR) is 81.2 cm³/mol. The Balaban J connectivity index is 1.97. The molecule has 2 N–H and O–H groups in total. The molecule has 0 radical (unpaired) electrons. The molecule has 0 aliphatic rings. The number of nitrogens with two attached hydrogens (primary N) is 1. The Labute approximate surface area is 121 Å². The van der Waals surface area contributed by atoms with Gasteiger partial charge in [0.05, 0.1) is 6.54 Å². The molecule has 2 aromatic rings. The number of nitrogens with zero attached hydrogens (tertiary/aromatic N) is 3. The van der Waals surface area contributed by atoms with Gasteiger partial charge in [0.2, 0.25) is 0 Å². The monoisotopic (exact) mass is 272 g/mol. The van der Waals surface area contributed by atoms with Crippen molar-refractivity contribution in [1.29, 1.82) is 0 Å². The Morgan fingerprint density at radius 2 is 1.75 bits per heavy atom. The Morgan fingerprint density at radius 3 is 2.40 bits per heavy atom. The molecule has 4 nitrogen and oxygen atoms in total. The number of aromatic nitrogens is 3. The molecular weight excluding hydrogens is 248 g/mol. The summed E-state index contributed by atoms with van der Waals surface area (Å²) in [5.74, 6) is 2.53. The summed E-state index contributed by atoms with van der Waals surface area (Å²) in [4.78, 5) is 0. The van der Waals surface area contributed by atoms with Crippen molar-refractivity contribution in [1.82, 2.24) is 14.8 Å². The lowest BCUT2D eigenvalue weighted by Crippen LogP contribution is -2.14. The van der Waals surface area contributed by atoms with E-state index in [1.807, 2.05) is 0 Å². The van der Waals surface area contributed by atoms with Gasteiger partial charge in [0, 0.05) is 13.0 Å². The van der Waals surface area contributed by atoms with Crippen LogP contribution < -0.4 is 5.73 Å². The number of aryl methyl sites for hydroxylation is 2. The first-order valence-corrected chi connectivity index (χ1v) is 7.35. The summed E-state index contributed by atoms with van der Waals surface area (Å²) in [7, 11) is 0. The van der Waals surface area contributed by atoms with Crippen LogP contribution in [0.3, 0.4) is 0 Å². The van der Waals surface area contributed by atoms with Crippen molar-refractivity contribution in [2.75, 3.05) is 0 Å². The molecule has 0 atom stereocenters. The molecule has 1 aromatic carbocycles. The number of benzene rings is 1. The molecule has 0 aliphatic carbocycles. The van der Waals surface area contributed by atoms with Crippen LogP contribution in [0, 0.1) is 5.92 Å². The first-order chi connectivity index (χ1) is 9.70. The highest BCUT2D eigenvalue weighted by molar-refractivity contribution is 5.14. The van der Waals surface area contributed by atoms with Crippen LogP contribution in [0.1, 0.15) is 37.5 Å². The van der Waals surface area contributed by atoms with E-state index in [2.05, 4.69) is 58.9 Å². The van der Waals surface area contributed by atoms with Gasteiger partial charge in [0.15, 0.2) is 0 Å². The summed E-state index contributed by atoms with van der Waals surface area (Å²) in [5, 5.41) is 8.51. The summed E-state index contributed by atoms with van der Waals surface area (Å²) in [6, 6.07) is 10.6. The molecule has 1 aromatic heterocycles. The lowest BCUT2D eigenvalue weighted by molar-refractivity contribution is 0.489. The van der Waals surface area contributed by atoms with Crippen molar-refractivity contribution < 1.29 is 0 Å². The summed E-state index contributed by atoms with van der Waals surface area (Å²) >= 11 is 0. The summed E-state index contributed by atoms with van der Waals surface area (Å²) in [6.45, 7) is 5.81. The van der Waals surface area contributed by atoms with Gasteiger partial charge in [-0.15, -0.1) is 10.2 Å². The molecule has 0 aliphatic heterocycles. The van der Waals surface area contributed by atoms with Gasteiger partial charge in [-0.2, -0.15) is 0 Å². The smallest absolute Gasteiger partial charge is 0.146 e. The van der Waals surface area contributed by atoms with Gasteiger partial charge in [-0.1, -0.05) is 44.2 Å². The van der Waals surface area contributed by atoms with E-state index < -0.39 is 0 Å². The van der Waals surface area contributed by atoms with Crippen LogP contribution >= 0.6 is 0 Å². The largest absolute Gasteiger partial charge is 0.324 e. The highest BCUT2D eigenvalue weighted by Crippen LogP contribution is 2.11. The van der Waals surface area contributed by atoms with E-state index in [-0.39, 0.29) is 0 Å². The van der Waals surface area contributed by atoms with Gasteiger partial charge >= 0.3 is 0 Å². The summed E-state index contributed by atoms with van der Waals surface area (Å²) < 4.78 is 2.19. The minimum Gasteiger partial charge on any atom is -0.324 e. The van der Waals surface area contributed by atoms with Crippen LogP contribution in [-0.2, 0) is 25.9 Å². The first-order valence-electron chi connectivity index (χ1n) is 7.35. The van der Waals surface area contributed by atoms with Crippen molar-refractivity contribution in [3.63, 3.8) is 0 Å². The fourth-order valence-electron chi connectivity index (χ4n) is 2.38. The van der Waals surface area contributed by atoms with Crippen LogP contribution in [0.25, 0.3) is 0 Å². The lowest BCUT2D eigenvalue weighted by atomic mass is 10.1. The highest BCUT2D eigenvalue weighted by atomic mass is 15.3. The molecular formula is C16H24N4. The lowest BCUT2D eigenvalue weighted by Gasteiger charge is -2.12. The number of rotatable bonds is 7. The zero-order chi connectivity index (χ0) is 14.4. The zero-order valence-electron chi connectivity index (χ0n) is 12.4. The predicted octanol–water partition coefficient (Wildman–Crippen LogP) is 2.57. The molecule has 108 valence electrons. The van der Waals surface area contributed by atoms with Crippen molar-refractivity contribution in [3.05, 3.63) is 47.5 Å². The van der Waals surface area contributed by atoms with E-state index in [0.717, 1.165) is 37.5 Å². The molecule has 20 heavy (non-hydrogen) atoms. The third-order valence-corrected chi connectivity index (χ3v) is 3.34. The third-order valence-electron chi connectivity index (χ3n) is 3.34. The van der Waals surface area contributed by atoms with E-state index >= 15 is 0 Å². The minimum atomic E-state index is 0.457. The van der Waals surface area contributed by atoms with Crippen LogP contribution in [0.4, 0.5) is 0 Å². The second kappa shape index (κ2) is 7.20. The Hall–Kier alpha value is -1.68. The molecule has 0 fully saturated rings. The number of hydrogen-bond donors (Lipinski definition) is 1. The van der Waals surface area contributed by atoms with Crippen molar-refractivity contribution >= 4 is 0 Å². The first kappa shape index (κ1) is 14.7. The fourth-order valence-corrected chi connectivity index (χ4v) is 2.38. The summed E-state index contributed by atoms with van der Waals surface area (Å²) in [6.07, 6.45) is 3.12. The molecule has 0 saturated carbocycles. The molecule has 4 heteroatoms. The maximum atomic E-state index is 5.74. The maximum Gasteiger partial charge on any atom is 0.146 e. The van der Waals surface area contributed by atoms with E-state index in [9.17, 15) is 0 Å². The quantitative estimate of drug-likeness (QED) is 0.842. The molecule has 2 rings (SSSR count). The van der Waals surface area contributed by atoms with Gasteiger partial charge in [0.25, 0.3) is 0 Å². The normalized spacial score (nSPS) is 11.2. The van der Waals surface area contributed by atoms with Crippen LogP contribution in [0.5, 0.6) is 0 Å². The molecule has 0 amide bonds. The molecule has 0 saturated heterocycles. The van der Waals surface area contributed by atoms with Crippen LogP contribution in [0.2, 0.25) is 0 Å². The van der Waals surface area contributed by atoms with Crippen LogP contribution in [-0.4, -0.2) is 14.8 Å². The Bertz CT molecular complexity index is 517. The van der Waals surface area contributed by atoms with E-state index in [1.54, 1.807) is 0 Å². The molecule has 0 unspecified atom stereocenters. The zero-order valence-corrected chi connectivity index (χ0v) is 12.4. The molecule has 0 spiro atoms. The average Bonchev–Trinajstić information content (AvgIpc) is 2.82. The van der Waals surface area contributed by atoms with E-state index in [0.29, 0.717) is 12.5 Å². The summed E-state index contributed by atoms with van der Waals surface area (Å²) in [5.41, 5.74) is 7.11. The van der Waals surface area contributed by atoms with E-state index in [4.69, 9.17) is 5.73 Å². The van der Waals surface area contributed by atoms with Crippen molar-refractivity contribution in [2.45, 2.75) is 46.2 Å². The Kier molecular flexibility index (Phi) is 5.30. The molecule has 0 bridgehead atoms. The fraction of sp³-hybridized carbons (Fsp3) is 0.500. The van der Waals surface area contributed by atoms with Crippen molar-refractivity contribution in [3.8, 4) is 0 Å². The van der Waals surface area contributed by atoms with Crippen molar-refractivity contribution in [2.24, 2.45) is 11.7 Å². The van der Waals surface area contributed by atoms with E-state index in [1.165, 1.54) is 5.56 Å².